The average molecular weight is 230 g/mol. The smallest absolute Gasteiger partial charge is 0.300 e. The van der Waals surface area contributed by atoms with E-state index in [4.69, 9.17) is 0 Å². The molecule has 0 aliphatic heterocycles. The van der Waals surface area contributed by atoms with Gasteiger partial charge in [0.05, 0.1) is 5.56 Å². The molecule has 1 nitrogen and oxygen atoms in total. The SMILES string of the molecule is CC(=O)CCc1cccc(C(F)(F)F)c1C. The lowest BCUT2D eigenvalue weighted by molar-refractivity contribution is -0.138. The van der Waals surface area contributed by atoms with Gasteiger partial charge in [0.25, 0.3) is 0 Å². The van der Waals surface area contributed by atoms with Crippen LogP contribution < -0.4 is 0 Å². The van der Waals surface area contributed by atoms with Crippen LogP contribution in [0, 0.1) is 6.92 Å². The molecule has 88 valence electrons. The summed E-state index contributed by atoms with van der Waals surface area (Å²) in [6, 6.07) is 4.07. The largest absolute Gasteiger partial charge is 0.416 e. The Morgan fingerprint density at radius 2 is 1.94 bits per heavy atom. The van der Waals surface area contributed by atoms with E-state index in [1.165, 1.54) is 19.9 Å². The molecule has 0 aromatic heterocycles. The summed E-state index contributed by atoms with van der Waals surface area (Å²) in [7, 11) is 0. The van der Waals surface area contributed by atoms with Crippen LogP contribution in [0.5, 0.6) is 0 Å². The van der Waals surface area contributed by atoms with Gasteiger partial charge in [0, 0.05) is 6.42 Å². The van der Waals surface area contributed by atoms with Crippen LogP contribution >= 0.6 is 0 Å². The van der Waals surface area contributed by atoms with Gasteiger partial charge in [0.15, 0.2) is 0 Å². The summed E-state index contributed by atoms with van der Waals surface area (Å²) in [6.07, 6.45) is -3.68. The molecule has 4 heteroatoms. The zero-order valence-corrected chi connectivity index (χ0v) is 9.19. The van der Waals surface area contributed by atoms with E-state index in [-0.39, 0.29) is 17.8 Å². The predicted octanol–water partition coefficient (Wildman–Crippen LogP) is 3.54. The molecular formula is C12H13F3O. The van der Waals surface area contributed by atoms with Crippen molar-refractivity contribution >= 4 is 5.78 Å². The summed E-state index contributed by atoms with van der Waals surface area (Å²) in [5, 5.41) is 0. The van der Waals surface area contributed by atoms with Crippen molar-refractivity contribution in [1.82, 2.24) is 0 Å². The fourth-order valence-electron chi connectivity index (χ4n) is 1.57. The third kappa shape index (κ3) is 3.08. The zero-order valence-electron chi connectivity index (χ0n) is 9.19. The third-order valence-corrected chi connectivity index (χ3v) is 2.50. The van der Waals surface area contributed by atoms with Crippen LogP contribution in [-0.2, 0) is 17.4 Å². The Hall–Kier alpha value is -1.32. The summed E-state index contributed by atoms with van der Waals surface area (Å²) >= 11 is 0. The van der Waals surface area contributed by atoms with Gasteiger partial charge in [-0.25, -0.2) is 0 Å². The van der Waals surface area contributed by atoms with Gasteiger partial charge in [-0.2, -0.15) is 13.2 Å². The molecule has 0 atom stereocenters. The van der Waals surface area contributed by atoms with E-state index in [9.17, 15) is 18.0 Å². The van der Waals surface area contributed by atoms with E-state index in [2.05, 4.69) is 0 Å². The Kier molecular flexibility index (Phi) is 3.73. The van der Waals surface area contributed by atoms with Gasteiger partial charge in [0.2, 0.25) is 0 Å². The minimum absolute atomic E-state index is 0.0168. The van der Waals surface area contributed by atoms with E-state index in [0.29, 0.717) is 12.0 Å². The minimum Gasteiger partial charge on any atom is -0.300 e. The Morgan fingerprint density at radius 3 is 2.44 bits per heavy atom. The molecule has 0 N–H and O–H groups in total. The molecule has 0 aliphatic rings. The summed E-state index contributed by atoms with van der Waals surface area (Å²) in [5.41, 5.74) is 0.190. The molecular weight excluding hydrogens is 217 g/mol. The van der Waals surface area contributed by atoms with E-state index in [1.807, 2.05) is 0 Å². The van der Waals surface area contributed by atoms with Crippen molar-refractivity contribution in [3.8, 4) is 0 Å². The van der Waals surface area contributed by atoms with Gasteiger partial charge >= 0.3 is 6.18 Å². The number of hydrogen-bond acceptors (Lipinski definition) is 1. The first-order chi connectivity index (χ1) is 7.32. The summed E-state index contributed by atoms with van der Waals surface area (Å²) in [4.78, 5) is 10.8. The van der Waals surface area contributed by atoms with Gasteiger partial charge in [-0.1, -0.05) is 12.1 Å². The number of carbonyl (C=O) groups excluding carboxylic acids is 1. The maximum absolute atomic E-state index is 12.6. The Balaban J connectivity index is 3.00. The highest BCUT2D eigenvalue weighted by molar-refractivity contribution is 5.75. The lowest BCUT2D eigenvalue weighted by Crippen LogP contribution is -2.09. The maximum atomic E-state index is 12.6. The molecule has 1 rings (SSSR count). The summed E-state index contributed by atoms with van der Waals surface area (Å²) in [5.74, 6) is -0.0168. The number of ketones is 1. The zero-order chi connectivity index (χ0) is 12.3. The number of hydrogen-bond donors (Lipinski definition) is 0. The Bertz CT molecular complexity index is 394. The topological polar surface area (TPSA) is 17.1 Å². The van der Waals surface area contributed by atoms with Crippen LogP contribution in [0.1, 0.15) is 30.0 Å². The van der Waals surface area contributed by atoms with E-state index >= 15 is 0 Å². The number of carbonyl (C=O) groups is 1. The first kappa shape index (κ1) is 12.7. The highest BCUT2D eigenvalue weighted by Crippen LogP contribution is 2.33. The molecule has 0 saturated heterocycles. The summed E-state index contributed by atoms with van der Waals surface area (Å²) < 4.78 is 37.7. The van der Waals surface area contributed by atoms with Crippen LogP contribution in [0.4, 0.5) is 13.2 Å². The lowest BCUT2D eigenvalue weighted by Gasteiger charge is -2.13. The van der Waals surface area contributed by atoms with Gasteiger partial charge in [-0.05, 0) is 37.5 Å². The van der Waals surface area contributed by atoms with Gasteiger partial charge in [-0.15, -0.1) is 0 Å². The maximum Gasteiger partial charge on any atom is 0.416 e. The van der Waals surface area contributed by atoms with Crippen molar-refractivity contribution in [2.75, 3.05) is 0 Å². The number of rotatable bonds is 3. The molecule has 0 bridgehead atoms. The van der Waals surface area contributed by atoms with Crippen molar-refractivity contribution < 1.29 is 18.0 Å². The molecule has 0 heterocycles. The molecule has 0 unspecified atom stereocenters. The number of benzene rings is 1. The normalized spacial score (nSPS) is 11.6. The van der Waals surface area contributed by atoms with Gasteiger partial charge in [-0.3, -0.25) is 0 Å². The van der Waals surface area contributed by atoms with Crippen molar-refractivity contribution in [3.05, 3.63) is 34.9 Å². The molecule has 0 aliphatic carbocycles. The quantitative estimate of drug-likeness (QED) is 0.776. The van der Waals surface area contributed by atoms with Gasteiger partial charge in [0.1, 0.15) is 5.78 Å². The number of aryl methyl sites for hydroxylation is 1. The highest BCUT2D eigenvalue weighted by atomic mass is 19.4. The van der Waals surface area contributed by atoms with Crippen molar-refractivity contribution in [3.63, 3.8) is 0 Å². The van der Waals surface area contributed by atoms with Crippen molar-refractivity contribution in [1.29, 1.82) is 0 Å². The molecule has 1 aromatic rings. The third-order valence-electron chi connectivity index (χ3n) is 2.50. The highest BCUT2D eigenvalue weighted by Gasteiger charge is 2.32. The molecule has 1 aromatic carbocycles. The first-order valence-corrected chi connectivity index (χ1v) is 4.97. The second-order valence-corrected chi connectivity index (χ2v) is 3.79. The second kappa shape index (κ2) is 4.68. The fraction of sp³-hybridized carbons (Fsp3) is 0.417. The average Bonchev–Trinajstić information content (AvgIpc) is 2.14. The molecule has 0 saturated carbocycles. The first-order valence-electron chi connectivity index (χ1n) is 4.97. The molecule has 0 fully saturated rings. The number of alkyl halides is 3. The van der Waals surface area contributed by atoms with E-state index in [1.54, 1.807) is 6.07 Å². The molecule has 16 heavy (non-hydrogen) atoms. The van der Waals surface area contributed by atoms with Crippen molar-refractivity contribution in [2.45, 2.75) is 32.9 Å². The number of Topliss-reactive ketones (excluding diaryl/α,β-unsaturated/α-hetero) is 1. The van der Waals surface area contributed by atoms with Gasteiger partial charge < -0.3 is 4.79 Å². The Labute approximate surface area is 92.3 Å². The standard InChI is InChI=1S/C12H13F3O/c1-8(16)6-7-10-4-3-5-11(9(10)2)12(13,14)15/h3-5H,6-7H2,1-2H3. The molecule has 0 spiro atoms. The lowest BCUT2D eigenvalue weighted by atomic mass is 9.98. The number of halogens is 3. The van der Waals surface area contributed by atoms with Crippen molar-refractivity contribution in [2.24, 2.45) is 0 Å². The van der Waals surface area contributed by atoms with Crippen LogP contribution in [0.2, 0.25) is 0 Å². The molecule has 0 amide bonds. The van der Waals surface area contributed by atoms with Crippen LogP contribution in [-0.4, -0.2) is 5.78 Å². The Morgan fingerprint density at radius 1 is 1.31 bits per heavy atom. The van der Waals surface area contributed by atoms with Crippen LogP contribution in [0.25, 0.3) is 0 Å². The van der Waals surface area contributed by atoms with Crippen LogP contribution in [0.3, 0.4) is 0 Å². The summed E-state index contributed by atoms with van der Waals surface area (Å²) in [6.45, 7) is 2.88. The predicted molar refractivity (Wildman–Crippen MR) is 55.2 cm³/mol. The molecule has 0 radical (unpaired) electrons. The minimum atomic E-state index is -4.32. The fourth-order valence-corrected chi connectivity index (χ4v) is 1.57. The van der Waals surface area contributed by atoms with Crippen LogP contribution in [0.15, 0.2) is 18.2 Å². The van der Waals surface area contributed by atoms with E-state index < -0.39 is 11.7 Å². The monoisotopic (exact) mass is 230 g/mol. The van der Waals surface area contributed by atoms with E-state index in [0.717, 1.165) is 6.07 Å². The second-order valence-electron chi connectivity index (χ2n) is 3.79.